The highest BCUT2D eigenvalue weighted by Gasteiger charge is 2.02. The van der Waals surface area contributed by atoms with Crippen molar-refractivity contribution in [2.75, 3.05) is 0 Å². The van der Waals surface area contributed by atoms with Crippen LogP contribution in [0.3, 0.4) is 0 Å². The van der Waals surface area contributed by atoms with Crippen molar-refractivity contribution in [3.8, 4) is 5.69 Å². The Hall–Kier alpha value is -2.17. The Morgan fingerprint density at radius 2 is 2.06 bits per heavy atom. The third kappa shape index (κ3) is 2.44. The number of aliphatic carboxylic acids is 1. The second-order valence-corrected chi connectivity index (χ2v) is 3.38. The highest BCUT2D eigenvalue weighted by molar-refractivity contribution is 5.67. The number of carboxylic acids is 1. The summed E-state index contributed by atoms with van der Waals surface area (Å²) in [6.07, 6.45) is 3.86. The average Bonchev–Trinajstić information content (AvgIpc) is 2.80. The van der Waals surface area contributed by atoms with Crippen molar-refractivity contribution in [2.45, 2.75) is 12.8 Å². The first kappa shape index (κ1) is 10.4. The van der Waals surface area contributed by atoms with Crippen molar-refractivity contribution in [1.29, 1.82) is 0 Å². The van der Waals surface area contributed by atoms with Gasteiger partial charge < -0.3 is 5.11 Å². The molecule has 0 aliphatic carbocycles. The molecule has 0 aliphatic rings. The smallest absolute Gasteiger partial charge is 0.303 e. The zero-order chi connectivity index (χ0) is 11.4. The fourth-order valence-corrected chi connectivity index (χ4v) is 1.44. The molecule has 0 radical (unpaired) electrons. The van der Waals surface area contributed by atoms with Crippen LogP contribution in [0, 0.1) is 0 Å². The lowest BCUT2D eigenvalue weighted by molar-refractivity contribution is -0.136. The Morgan fingerprint density at radius 1 is 1.31 bits per heavy atom. The van der Waals surface area contributed by atoms with E-state index in [1.165, 1.54) is 4.80 Å². The molecule has 0 atom stereocenters. The van der Waals surface area contributed by atoms with E-state index in [9.17, 15) is 4.79 Å². The Kier molecular flexibility index (Phi) is 2.95. The van der Waals surface area contributed by atoms with Crippen molar-refractivity contribution in [3.63, 3.8) is 0 Å². The van der Waals surface area contributed by atoms with Gasteiger partial charge in [-0.25, -0.2) is 0 Å². The molecule has 0 saturated carbocycles. The van der Waals surface area contributed by atoms with Crippen LogP contribution in [0.25, 0.3) is 5.69 Å². The molecule has 2 rings (SSSR count). The maximum atomic E-state index is 10.5. The van der Waals surface area contributed by atoms with Crippen LogP contribution in [0.15, 0.2) is 36.7 Å². The lowest BCUT2D eigenvalue weighted by Crippen LogP contribution is -2.01. The fraction of sp³-hybridized carbons (Fsp3) is 0.182. The number of aromatic nitrogens is 3. The lowest BCUT2D eigenvalue weighted by Gasteiger charge is -2.02. The molecule has 5 heteroatoms. The van der Waals surface area contributed by atoms with Gasteiger partial charge in [-0.15, -0.1) is 0 Å². The predicted octanol–water partition coefficient (Wildman–Crippen LogP) is 1.28. The average molecular weight is 217 g/mol. The normalized spacial score (nSPS) is 10.2. The van der Waals surface area contributed by atoms with E-state index in [1.54, 1.807) is 12.4 Å². The summed E-state index contributed by atoms with van der Waals surface area (Å²) in [5.41, 5.74) is 1.81. The number of rotatable bonds is 4. The van der Waals surface area contributed by atoms with Gasteiger partial charge in [0.2, 0.25) is 0 Å². The van der Waals surface area contributed by atoms with Crippen LogP contribution in [0.1, 0.15) is 12.0 Å². The van der Waals surface area contributed by atoms with E-state index in [2.05, 4.69) is 10.2 Å². The summed E-state index contributed by atoms with van der Waals surface area (Å²) in [7, 11) is 0. The number of hydrogen-bond acceptors (Lipinski definition) is 3. The highest BCUT2D eigenvalue weighted by Crippen LogP contribution is 2.10. The third-order valence-corrected chi connectivity index (χ3v) is 2.19. The molecule has 0 unspecified atom stereocenters. The molecule has 1 N–H and O–H groups in total. The number of aryl methyl sites for hydroxylation is 1. The maximum Gasteiger partial charge on any atom is 0.303 e. The van der Waals surface area contributed by atoms with Crippen LogP contribution in [0.4, 0.5) is 0 Å². The molecule has 0 amide bonds. The minimum Gasteiger partial charge on any atom is -0.481 e. The molecular formula is C11H11N3O2. The minimum absolute atomic E-state index is 0.135. The monoisotopic (exact) mass is 217 g/mol. The van der Waals surface area contributed by atoms with Crippen LogP contribution in [-0.4, -0.2) is 26.1 Å². The van der Waals surface area contributed by atoms with Crippen molar-refractivity contribution in [2.24, 2.45) is 0 Å². The molecule has 5 nitrogen and oxygen atoms in total. The fourth-order valence-electron chi connectivity index (χ4n) is 1.44. The van der Waals surface area contributed by atoms with E-state index < -0.39 is 5.97 Å². The summed E-state index contributed by atoms with van der Waals surface area (Å²) < 4.78 is 0. The topological polar surface area (TPSA) is 68.0 Å². The van der Waals surface area contributed by atoms with Crippen LogP contribution < -0.4 is 0 Å². The quantitative estimate of drug-likeness (QED) is 0.837. The van der Waals surface area contributed by atoms with E-state index in [0.717, 1.165) is 11.3 Å². The van der Waals surface area contributed by atoms with Gasteiger partial charge in [0.25, 0.3) is 0 Å². The van der Waals surface area contributed by atoms with Gasteiger partial charge >= 0.3 is 5.97 Å². The lowest BCUT2D eigenvalue weighted by atomic mass is 10.1. The summed E-state index contributed by atoms with van der Waals surface area (Å²) in [6.45, 7) is 0. The van der Waals surface area contributed by atoms with Crippen molar-refractivity contribution in [1.82, 2.24) is 15.0 Å². The maximum absolute atomic E-state index is 10.5. The molecule has 1 aromatic carbocycles. The van der Waals surface area contributed by atoms with Gasteiger partial charge in [0.15, 0.2) is 0 Å². The first-order valence-corrected chi connectivity index (χ1v) is 4.93. The number of carboxylic acid groups (broad SMARTS) is 1. The summed E-state index contributed by atoms with van der Waals surface area (Å²) in [4.78, 5) is 12.0. The predicted molar refractivity (Wildman–Crippen MR) is 57.3 cm³/mol. The van der Waals surface area contributed by atoms with Gasteiger partial charge in [-0.3, -0.25) is 4.79 Å². The van der Waals surface area contributed by atoms with Crippen LogP contribution in [0.2, 0.25) is 0 Å². The van der Waals surface area contributed by atoms with E-state index in [-0.39, 0.29) is 6.42 Å². The Bertz CT molecular complexity index is 480. The van der Waals surface area contributed by atoms with Crippen molar-refractivity contribution in [3.05, 3.63) is 42.2 Å². The van der Waals surface area contributed by atoms with E-state index in [1.807, 2.05) is 24.3 Å². The van der Waals surface area contributed by atoms with Crippen LogP contribution in [-0.2, 0) is 11.2 Å². The number of benzene rings is 1. The summed E-state index contributed by atoms with van der Waals surface area (Å²) in [5.74, 6) is -0.789. The number of nitrogens with zero attached hydrogens (tertiary/aromatic N) is 3. The molecule has 0 fully saturated rings. The second kappa shape index (κ2) is 4.57. The standard InChI is InChI=1S/C11H11N3O2/c15-11(16)5-4-9-2-1-3-10(8-9)14-12-6-7-13-14/h1-3,6-8H,4-5H2,(H,15,16). The first-order chi connectivity index (χ1) is 7.75. The zero-order valence-electron chi connectivity index (χ0n) is 8.58. The molecule has 1 aromatic heterocycles. The van der Waals surface area contributed by atoms with Crippen molar-refractivity contribution >= 4 is 5.97 Å². The van der Waals surface area contributed by atoms with Gasteiger partial charge in [-0.1, -0.05) is 12.1 Å². The molecular weight excluding hydrogens is 206 g/mol. The van der Waals surface area contributed by atoms with Gasteiger partial charge in [0, 0.05) is 6.42 Å². The highest BCUT2D eigenvalue weighted by atomic mass is 16.4. The second-order valence-electron chi connectivity index (χ2n) is 3.38. The van der Waals surface area contributed by atoms with Gasteiger partial charge in [0.1, 0.15) is 0 Å². The van der Waals surface area contributed by atoms with Gasteiger partial charge in [0.05, 0.1) is 18.1 Å². The summed E-state index contributed by atoms with van der Waals surface area (Å²) in [6, 6.07) is 7.54. The Balaban J connectivity index is 2.17. The summed E-state index contributed by atoms with van der Waals surface area (Å²) in [5, 5.41) is 16.6. The zero-order valence-corrected chi connectivity index (χ0v) is 8.58. The Labute approximate surface area is 92.3 Å². The van der Waals surface area contributed by atoms with Gasteiger partial charge in [-0.2, -0.15) is 15.0 Å². The molecule has 0 spiro atoms. The van der Waals surface area contributed by atoms with Crippen LogP contribution >= 0.6 is 0 Å². The molecule has 1 heterocycles. The van der Waals surface area contributed by atoms with E-state index in [0.29, 0.717) is 6.42 Å². The van der Waals surface area contributed by atoms with E-state index in [4.69, 9.17) is 5.11 Å². The summed E-state index contributed by atoms with van der Waals surface area (Å²) >= 11 is 0. The van der Waals surface area contributed by atoms with Gasteiger partial charge in [-0.05, 0) is 24.1 Å². The molecule has 0 bridgehead atoms. The molecule has 82 valence electrons. The minimum atomic E-state index is -0.789. The molecule has 2 aromatic rings. The van der Waals surface area contributed by atoms with Crippen molar-refractivity contribution < 1.29 is 9.90 Å². The third-order valence-electron chi connectivity index (χ3n) is 2.19. The van der Waals surface area contributed by atoms with E-state index >= 15 is 0 Å². The molecule has 16 heavy (non-hydrogen) atoms. The Morgan fingerprint density at radius 3 is 2.75 bits per heavy atom. The molecule has 0 aliphatic heterocycles. The number of carbonyl (C=O) groups is 1. The SMILES string of the molecule is O=C(O)CCc1cccc(-n2nccn2)c1. The van der Waals surface area contributed by atoms with Crippen LogP contribution in [0.5, 0.6) is 0 Å². The first-order valence-electron chi connectivity index (χ1n) is 4.93. The molecule has 0 saturated heterocycles. The number of hydrogen-bond donors (Lipinski definition) is 1. The largest absolute Gasteiger partial charge is 0.481 e.